The van der Waals surface area contributed by atoms with Gasteiger partial charge in [-0.3, -0.25) is 9.59 Å². The van der Waals surface area contributed by atoms with Gasteiger partial charge in [0, 0.05) is 17.7 Å². The van der Waals surface area contributed by atoms with Crippen LogP contribution in [0.25, 0.3) is 0 Å². The summed E-state index contributed by atoms with van der Waals surface area (Å²) in [7, 11) is 0. The Balaban J connectivity index is 4.28. The Bertz CT molecular complexity index is 405. The second-order valence-electron chi connectivity index (χ2n) is 3.67. The molecule has 0 aromatic rings. The number of hydrogen-bond acceptors (Lipinski definition) is 5. The van der Waals surface area contributed by atoms with Gasteiger partial charge < -0.3 is 21.3 Å². The molecule has 0 rings (SSSR count). The fraction of sp³-hybridized carbons (Fsp3) is 0.500. The van der Waals surface area contributed by atoms with E-state index in [1.807, 2.05) is 0 Å². The molecule has 0 unspecified atom stereocenters. The van der Waals surface area contributed by atoms with Crippen molar-refractivity contribution in [1.29, 1.82) is 0 Å². The molecular formula is C10H14Cl2N2O5S. The number of thioether (sulfide) groups is 1. The van der Waals surface area contributed by atoms with E-state index in [0.717, 1.165) is 17.3 Å². The molecular weight excluding hydrogens is 331 g/mol. The second kappa shape index (κ2) is 9.87. The first-order valence-corrected chi connectivity index (χ1v) is 7.17. The number of hydrogen-bond donors (Lipinski definition) is 4. The maximum absolute atomic E-state index is 11.5. The molecule has 0 aliphatic rings. The van der Waals surface area contributed by atoms with Crippen molar-refractivity contribution in [3.05, 3.63) is 9.90 Å². The molecule has 2 atom stereocenters. The summed E-state index contributed by atoms with van der Waals surface area (Å²) in [6, 6.07) is -2.31. The Labute approximate surface area is 129 Å². The van der Waals surface area contributed by atoms with Gasteiger partial charge in [-0.25, -0.2) is 4.79 Å². The highest BCUT2D eigenvalue weighted by Crippen LogP contribution is 2.21. The lowest BCUT2D eigenvalue weighted by molar-refractivity contribution is -0.141. The standard InChI is InChI=1S/C10H14Cl2N2O5S/c11-3-7(12)20-4-6(10(18)19)14-8(15)2-1-5(13)9(16)17/h3,5-6H,1-2,4,13H2,(H,14,15)(H,16,17)(H,18,19)/b7-3+/t5-,6-/m0/s1. The summed E-state index contributed by atoms with van der Waals surface area (Å²) in [5, 5.41) is 19.7. The van der Waals surface area contributed by atoms with Crippen LogP contribution in [-0.2, 0) is 14.4 Å². The summed E-state index contributed by atoms with van der Waals surface area (Å²) in [6.07, 6.45) is -0.260. The van der Waals surface area contributed by atoms with Crippen molar-refractivity contribution in [2.75, 3.05) is 5.75 Å². The molecule has 0 saturated carbocycles. The smallest absolute Gasteiger partial charge is 0.327 e. The third-order valence-corrected chi connectivity index (χ3v) is 3.90. The lowest BCUT2D eigenvalue weighted by atomic mass is 10.1. The Kier molecular flexibility index (Phi) is 9.39. The third kappa shape index (κ3) is 8.26. The fourth-order valence-corrected chi connectivity index (χ4v) is 2.04. The van der Waals surface area contributed by atoms with E-state index < -0.39 is 29.9 Å². The van der Waals surface area contributed by atoms with E-state index in [9.17, 15) is 14.4 Å². The number of nitrogens with one attached hydrogen (secondary N) is 1. The summed E-state index contributed by atoms with van der Waals surface area (Å²) in [5.41, 5.74) is 6.31. The van der Waals surface area contributed by atoms with E-state index in [1.165, 1.54) is 0 Å². The monoisotopic (exact) mass is 344 g/mol. The number of aliphatic carboxylic acids is 2. The minimum absolute atomic E-state index is 0.00584. The van der Waals surface area contributed by atoms with E-state index in [0.29, 0.717) is 0 Å². The molecule has 10 heteroatoms. The van der Waals surface area contributed by atoms with Crippen molar-refractivity contribution < 1.29 is 24.6 Å². The summed E-state index contributed by atoms with van der Waals surface area (Å²) in [5.74, 6) is -3.05. The first-order chi connectivity index (χ1) is 9.27. The normalized spacial score (nSPS) is 14.4. The first kappa shape index (κ1) is 19.0. The van der Waals surface area contributed by atoms with Gasteiger partial charge in [0.25, 0.3) is 0 Å². The summed E-state index contributed by atoms with van der Waals surface area (Å²) >= 11 is 11.9. The molecule has 0 radical (unpaired) electrons. The van der Waals surface area contributed by atoms with Crippen LogP contribution in [0.4, 0.5) is 0 Å². The van der Waals surface area contributed by atoms with Crippen molar-refractivity contribution in [2.45, 2.75) is 24.9 Å². The molecule has 1 amide bonds. The van der Waals surface area contributed by atoms with Gasteiger partial charge in [0.15, 0.2) is 0 Å². The SMILES string of the molecule is N[C@@H](CCC(=O)N[C@@H](CS/C(Cl)=C/Cl)C(=O)O)C(=O)O. The van der Waals surface area contributed by atoms with Gasteiger partial charge >= 0.3 is 11.9 Å². The minimum Gasteiger partial charge on any atom is -0.480 e. The van der Waals surface area contributed by atoms with Crippen LogP contribution in [-0.4, -0.2) is 45.9 Å². The molecule has 0 bridgehead atoms. The largest absolute Gasteiger partial charge is 0.480 e. The quantitative estimate of drug-likeness (QED) is 0.485. The average molecular weight is 345 g/mol. The lowest BCUT2D eigenvalue weighted by Gasteiger charge is -2.14. The van der Waals surface area contributed by atoms with Gasteiger partial charge in [0.05, 0.1) is 4.36 Å². The zero-order valence-corrected chi connectivity index (χ0v) is 12.5. The van der Waals surface area contributed by atoms with Gasteiger partial charge in [-0.15, -0.1) is 11.8 Å². The van der Waals surface area contributed by atoms with Crippen LogP contribution >= 0.6 is 35.0 Å². The highest BCUT2D eigenvalue weighted by Gasteiger charge is 2.21. The van der Waals surface area contributed by atoms with Crippen LogP contribution in [0.15, 0.2) is 9.90 Å². The second-order valence-corrected chi connectivity index (χ2v) is 5.58. The molecule has 0 spiro atoms. The first-order valence-electron chi connectivity index (χ1n) is 5.37. The molecule has 0 heterocycles. The number of carboxylic acids is 2. The van der Waals surface area contributed by atoms with Crippen molar-refractivity contribution in [2.24, 2.45) is 5.73 Å². The van der Waals surface area contributed by atoms with E-state index in [1.54, 1.807) is 0 Å². The van der Waals surface area contributed by atoms with Crippen LogP contribution < -0.4 is 11.1 Å². The highest BCUT2D eigenvalue weighted by atomic mass is 35.5. The molecule has 7 nitrogen and oxygen atoms in total. The van der Waals surface area contributed by atoms with Gasteiger partial charge in [0.2, 0.25) is 5.91 Å². The molecule has 0 aliphatic heterocycles. The topological polar surface area (TPSA) is 130 Å². The number of halogens is 2. The maximum atomic E-state index is 11.5. The molecule has 20 heavy (non-hydrogen) atoms. The summed E-state index contributed by atoms with van der Waals surface area (Å²) in [4.78, 5) is 32.9. The lowest BCUT2D eigenvalue weighted by Crippen LogP contribution is -2.43. The average Bonchev–Trinajstić information content (AvgIpc) is 2.39. The third-order valence-electron chi connectivity index (χ3n) is 2.11. The zero-order chi connectivity index (χ0) is 15.7. The Hall–Kier alpha value is -0.960. The molecule has 0 aromatic carbocycles. The van der Waals surface area contributed by atoms with Crippen LogP contribution in [0.2, 0.25) is 0 Å². The summed E-state index contributed by atoms with van der Waals surface area (Å²) in [6.45, 7) is 0. The predicted octanol–water partition coefficient (Wildman–Crippen LogP) is 0.758. The van der Waals surface area contributed by atoms with E-state index in [-0.39, 0.29) is 23.0 Å². The number of carboxylic acid groups (broad SMARTS) is 2. The van der Waals surface area contributed by atoms with Crippen molar-refractivity contribution in [3.8, 4) is 0 Å². The van der Waals surface area contributed by atoms with E-state index in [2.05, 4.69) is 5.32 Å². The zero-order valence-electron chi connectivity index (χ0n) is 10.2. The van der Waals surface area contributed by atoms with Crippen LogP contribution in [0.5, 0.6) is 0 Å². The molecule has 0 aromatic heterocycles. The minimum atomic E-state index is -1.23. The van der Waals surface area contributed by atoms with Crippen molar-refractivity contribution >= 4 is 52.8 Å². The number of carbonyl (C=O) groups excluding carboxylic acids is 1. The highest BCUT2D eigenvalue weighted by molar-refractivity contribution is 8.04. The maximum Gasteiger partial charge on any atom is 0.327 e. The fourth-order valence-electron chi connectivity index (χ4n) is 1.05. The van der Waals surface area contributed by atoms with Crippen LogP contribution in [0.3, 0.4) is 0 Å². The number of rotatable bonds is 9. The molecule has 5 N–H and O–H groups in total. The van der Waals surface area contributed by atoms with E-state index in [4.69, 9.17) is 39.1 Å². The summed E-state index contributed by atoms with van der Waals surface area (Å²) < 4.78 is 0.195. The molecule has 114 valence electrons. The predicted molar refractivity (Wildman–Crippen MR) is 76.7 cm³/mol. The Morgan fingerprint density at radius 2 is 1.90 bits per heavy atom. The van der Waals surface area contributed by atoms with E-state index >= 15 is 0 Å². The number of nitrogens with two attached hydrogens (primary N) is 1. The number of carbonyl (C=O) groups is 3. The molecule has 0 fully saturated rings. The molecule has 0 aliphatic carbocycles. The van der Waals surface area contributed by atoms with Crippen molar-refractivity contribution in [1.82, 2.24) is 5.32 Å². The van der Waals surface area contributed by atoms with Crippen molar-refractivity contribution in [3.63, 3.8) is 0 Å². The molecule has 0 saturated heterocycles. The van der Waals surface area contributed by atoms with Gasteiger partial charge in [0.1, 0.15) is 12.1 Å². The Morgan fingerprint density at radius 3 is 2.35 bits per heavy atom. The van der Waals surface area contributed by atoms with Crippen LogP contribution in [0, 0.1) is 0 Å². The van der Waals surface area contributed by atoms with Gasteiger partial charge in [-0.1, -0.05) is 23.2 Å². The van der Waals surface area contributed by atoms with Crippen LogP contribution in [0.1, 0.15) is 12.8 Å². The Morgan fingerprint density at radius 1 is 1.30 bits per heavy atom. The number of amides is 1. The van der Waals surface area contributed by atoms with Gasteiger partial charge in [-0.05, 0) is 6.42 Å². The van der Waals surface area contributed by atoms with Gasteiger partial charge in [-0.2, -0.15) is 0 Å².